The minimum absolute atomic E-state index is 0.140. The van der Waals surface area contributed by atoms with Gasteiger partial charge in [-0.1, -0.05) is 6.07 Å². The van der Waals surface area contributed by atoms with Crippen LogP contribution in [0.25, 0.3) is 0 Å². The Balaban J connectivity index is 1.51. The second-order valence-corrected chi connectivity index (χ2v) is 11.2. The van der Waals surface area contributed by atoms with Gasteiger partial charge in [0.25, 0.3) is 0 Å². The van der Waals surface area contributed by atoms with Crippen molar-refractivity contribution in [3.05, 3.63) is 29.3 Å². The molecule has 0 bridgehead atoms. The molecule has 1 aromatic rings. The Kier molecular flexibility index (Phi) is 7.07. The largest absolute Gasteiger partial charge is 0.415 e. The Hall–Kier alpha value is -2.37. The van der Waals surface area contributed by atoms with Crippen LogP contribution in [0, 0.1) is 0 Å². The fourth-order valence-corrected chi connectivity index (χ4v) is 5.97. The van der Waals surface area contributed by atoms with Crippen LogP contribution in [0.3, 0.4) is 0 Å². The summed E-state index contributed by atoms with van der Waals surface area (Å²) < 4.78 is 31.1. The minimum atomic E-state index is -3.31. The Labute approximate surface area is 201 Å². The molecule has 11 heteroatoms. The van der Waals surface area contributed by atoms with Gasteiger partial charge in [0, 0.05) is 51.9 Å². The number of carbonyl (C=O) groups excluding carboxylic acids is 2. The lowest BCUT2D eigenvalue weighted by molar-refractivity contribution is 0.0311. The molecule has 0 aliphatic carbocycles. The van der Waals surface area contributed by atoms with Crippen molar-refractivity contribution in [2.24, 2.45) is 0 Å². The van der Waals surface area contributed by atoms with E-state index in [-0.39, 0.29) is 30.2 Å². The summed E-state index contributed by atoms with van der Waals surface area (Å²) in [7, 11) is -3.31. The van der Waals surface area contributed by atoms with Gasteiger partial charge in [-0.15, -0.1) is 0 Å². The van der Waals surface area contributed by atoms with Crippen molar-refractivity contribution in [1.29, 1.82) is 0 Å². The normalized spacial score (nSPS) is 24.5. The Morgan fingerprint density at radius 1 is 1.29 bits per heavy atom. The molecule has 34 heavy (non-hydrogen) atoms. The number of piperidine rings is 1. The van der Waals surface area contributed by atoms with E-state index in [1.165, 1.54) is 11.1 Å². The lowest BCUT2D eigenvalue weighted by atomic mass is 9.77. The van der Waals surface area contributed by atoms with Gasteiger partial charge in [-0.05, 0) is 56.4 Å². The Morgan fingerprint density at radius 2 is 2.06 bits per heavy atom. The number of sulfonamides is 1. The predicted molar refractivity (Wildman–Crippen MR) is 128 cm³/mol. The van der Waals surface area contributed by atoms with Gasteiger partial charge in [0.05, 0.1) is 11.8 Å². The summed E-state index contributed by atoms with van der Waals surface area (Å²) in [5.41, 5.74) is 2.03. The first-order valence-electron chi connectivity index (χ1n) is 12.0. The van der Waals surface area contributed by atoms with Gasteiger partial charge in [-0.2, -0.15) is 0 Å². The standard InChI is InChI=1S/C23H35N5O5S/c1-4-26(5-2)22(30)33-18-6-7-19-17(14-18)8-11-27-12-9-23(15-20(19)27)16-24-21(29)28(23)13-10-25-34(3,31)32/h6-7,14,20,25H,4-5,8-13,15-16H2,1-3H3,(H,24,29). The molecular weight excluding hydrogens is 458 g/mol. The number of benzene rings is 1. The predicted octanol–water partition coefficient (Wildman–Crippen LogP) is 1.53. The summed E-state index contributed by atoms with van der Waals surface area (Å²) in [6.45, 7) is 7.92. The van der Waals surface area contributed by atoms with Gasteiger partial charge < -0.3 is 19.9 Å². The summed E-state index contributed by atoms with van der Waals surface area (Å²) in [6.07, 6.45) is 3.28. The van der Waals surface area contributed by atoms with Crippen molar-refractivity contribution in [1.82, 2.24) is 24.7 Å². The molecule has 2 atom stereocenters. The van der Waals surface area contributed by atoms with E-state index in [0.29, 0.717) is 31.9 Å². The van der Waals surface area contributed by atoms with Crippen molar-refractivity contribution >= 4 is 22.1 Å². The van der Waals surface area contributed by atoms with Gasteiger partial charge in [0.1, 0.15) is 5.75 Å². The fourth-order valence-electron chi connectivity index (χ4n) is 5.51. The maximum atomic E-state index is 12.6. The maximum Gasteiger partial charge on any atom is 0.415 e. The van der Waals surface area contributed by atoms with E-state index in [2.05, 4.69) is 21.0 Å². The van der Waals surface area contributed by atoms with Crippen LogP contribution in [0.2, 0.25) is 0 Å². The molecule has 10 nitrogen and oxygen atoms in total. The molecule has 188 valence electrons. The van der Waals surface area contributed by atoms with E-state index in [9.17, 15) is 18.0 Å². The fraction of sp³-hybridized carbons (Fsp3) is 0.652. The third-order valence-electron chi connectivity index (χ3n) is 7.33. The number of nitrogens with zero attached hydrogens (tertiary/aromatic N) is 3. The number of carbonyl (C=O) groups is 2. The van der Waals surface area contributed by atoms with E-state index in [1.807, 2.05) is 30.9 Å². The quantitative estimate of drug-likeness (QED) is 0.596. The summed E-state index contributed by atoms with van der Waals surface area (Å²) in [4.78, 5) is 30.9. The van der Waals surface area contributed by atoms with Gasteiger partial charge >= 0.3 is 12.1 Å². The number of nitrogens with one attached hydrogen (secondary N) is 2. The average Bonchev–Trinajstić information content (AvgIpc) is 3.08. The Morgan fingerprint density at radius 3 is 2.76 bits per heavy atom. The third kappa shape index (κ3) is 5.01. The van der Waals surface area contributed by atoms with Crippen LogP contribution in [0.4, 0.5) is 9.59 Å². The number of rotatable bonds is 7. The molecule has 1 spiro atoms. The molecule has 4 rings (SSSR count). The molecule has 2 saturated heterocycles. The number of amides is 3. The zero-order valence-electron chi connectivity index (χ0n) is 20.2. The van der Waals surface area contributed by atoms with E-state index >= 15 is 0 Å². The molecule has 3 aliphatic rings. The van der Waals surface area contributed by atoms with E-state index < -0.39 is 10.0 Å². The number of fused-ring (bicyclic) bond motifs is 3. The molecule has 0 aromatic heterocycles. The molecule has 3 heterocycles. The molecular formula is C23H35N5O5S. The Bertz CT molecular complexity index is 1040. The molecule has 2 unspecified atom stereocenters. The van der Waals surface area contributed by atoms with Crippen LogP contribution in [0.1, 0.15) is 43.9 Å². The summed E-state index contributed by atoms with van der Waals surface area (Å²) >= 11 is 0. The lowest BCUT2D eigenvalue weighted by Gasteiger charge is -2.50. The topological polar surface area (TPSA) is 111 Å². The number of hydrogen-bond acceptors (Lipinski definition) is 6. The zero-order chi connectivity index (χ0) is 24.5. The highest BCUT2D eigenvalue weighted by Crippen LogP contribution is 2.44. The molecule has 2 fully saturated rings. The second kappa shape index (κ2) is 9.71. The van der Waals surface area contributed by atoms with E-state index in [0.717, 1.165) is 38.6 Å². The number of ether oxygens (including phenoxy) is 1. The van der Waals surface area contributed by atoms with Gasteiger partial charge in [0.15, 0.2) is 0 Å². The van der Waals surface area contributed by atoms with Crippen LogP contribution in [0.15, 0.2) is 18.2 Å². The van der Waals surface area contributed by atoms with Crippen molar-refractivity contribution in [2.75, 3.05) is 52.1 Å². The molecule has 1 aromatic carbocycles. The van der Waals surface area contributed by atoms with E-state index in [1.54, 1.807) is 4.90 Å². The van der Waals surface area contributed by atoms with Crippen LogP contribution in [-0.2, 0) is 16.4 Å². The highest BCUT2D eigenvalue weighted by molar-refractivity contribution is 7.88. The molecule has 0 radical (unpaired) electrons. The first-order valence-corrected chi connectivity index (χ1v) is 13.9. The SMILES string of the molecule is CCN(CC)C(=O)Oc1ccc2c(c1)CCN1CCC3(CNC(=O)N3CCNS(C)(=O)=O)CC21. The van der Waals surface area contributed by atoms with Crippen LogP contribution in [-0.4, -0.2) is 92.8 Å². The van der Waals surface area contributed by atoms with Crippen molar-refractivity contribution in [2.45, 2.75) is 44.7 Å². The summed E-state index contributed by atoms with van der Waals surface area (Å²) in [5.74, 6) is 0.556. The van der Waals surface area contributed by atoms with Crippen molar-refractivity contribution < 1.29 is 22.7 Å². The second-order valence-electron chi connectivity index (χ2n) is 9.36. The molecule has 3 amide bonds. The zero-order valence-corrected chi connectivity index (χ0v) is 21.0. The smallest absolute Gasteiger partial charge is 0.410 e. The number of urea groups is 1. The highest BCUT2D eigenvalue weighted by Gasteiger charge is 2.50. The minimum Gasteiger partial charge on any atom is -0.410 e. The first kappa shape index (κ1) is 24.7. The summed E-state index contributed by atoms with van der Waals surface area (Å²) in [6, 6.07) is 5.90. The van der Waals surface area contributed by atoms with E-state index in [4.69, 9.17) is 4.74 Å². The van der Waals surface area contributed by atoms with Crippen LogP contribution in [0.5, 0.6) is 5.75 Å². The van der Waals surface area contributed by atoms with Gasteiger partial charge in [-0.3, -0.25) is 4.90 Å². The van der Waals surface area contributed by atoms with Crippen LogP contribution >= 0.6 is 0 Å². The average molecular weight is 494 g/mol. The lowest BCUT2D eigenvalue weighted by Crippen LogP contribution is -2.57. The van der Waals surface area contributed by atoms with Crippen molar-refractivity contribution in [3.8, 4) is 5.75 Å². The monoisotopic (exact) mass is 493 g/mol. The van der Waals surface area contributed by atoms with Crippen molar-refractivity contribution in [3.63, 3.8) is 0 Å². The number of hydrogen-bond donors (Lipinski definition) is 2. The first-order chi connectivity index (χ1) is 16.2. The van der Waals surface area contributed by atoms with Gasteiger partial charge in [-0.25, -0.2) is 22.7 Å². The molecule has 2 N–H and O–H groups in total. The summed E-state index contributed by atoms with van der Waals surface area (Å²) in [5, 5.41) is 2.98. The van der Waals surface area contributed by atoms with Gasteiger partial charge in [0.2, 0.25) is 10.0 Å². The molecule has 3 aliphatic heterocycles. The molecule has 0 saturated carbocycles. The highest BCUT2D eigenvalue weighted by atomic mass is 32.2. The van der Waals surface area contributed by atoms with Crippen LogP contribution < -0.4 is 14.8 Å². The maximum absolute atomic E-state index is 12.6. The third-order valence-corrected chi connectivity index (χ3v) is 8.06.